The number of nitrogens with zero attached hydrogens (tertiary/aromatic N) is 3. The van der Waals surface area contributed by atoms with Crippen molar-refractivity contribution >= 4 is 10.9 Å². The van der Waals surface area contributed by atoms with Crippen LogP contribution in [0.25, 0.3) is 10.9 Å². The van der Waals surface area contributed by atoms with Gasteiger partial charge in [0, 0.05) is 18.0 Å². The number of rotatable bonds is 1. The number of fused-ring (bicyclic) bond motifs is 1. The van der Waals surface area contributed by atoms with E-state index in [1.165, 1.54) is 6.20 Å². The van der Waals surface area contributed by atoms with Gasteiger partial charge in [0.1, 0.15) is 11.3 Å². The van der Waals surface area contributed by atoms with Gasteiger partial charge in [0.15, 0.2) is 0 Å². The molecule has 0 aliphatic carbocycles. The fraction of sp³-hybridized carbons (Fsp3) is 0.250. The maximum Gasteiger partial charge on any atom is 0.290 e. The normalized spacial score (nSPS) is 10.5. The summed E-state index contributed by atoms with van der Waals surface area (Å²) in [7, 11) is 0. The molecule has 0 aromatic carbocycles. The molecule has 0 bridgehead atoms. The van der Waals surface area contributed by atoms with Crippen molar-refractivity contribution in [1.82, 2.24) is 20.2 Å². The second-order valence-electron chi connectivity index (χ2n) is 2.64. The summed E-state index contributed by atoms with van der Waals surface area (Å²) in [5.41, 5.74) is 0.136. The van der Waals surface area contributed by atoms with Crippen LogP contribution in [0.2, 0.25) is 0 Å². The van der Waals surface area contributed by atoms with Gasteiger partial charge >= 0.3 is 0 Å². The lowest BCUT2D eigenvalue weighted by molar-refractivity contribution is 0.939. The number of nitrogens with one attached hydrogen (secondary N) is 1. The average Bonchev–Trinajstić information content (AvgIpc) is 2.18. The molecule has 0 amide bonds. The molecule has 1 N–H and O–H groups in total. The highest BCUT2D eigenvalue weighted by atomic mass is 16.1. The Morgan fingerprint density at radius 2 is 2.31 bits per heavy atom. The minimum absolute atomic E-state index is 0.269. The van der Waals surface area contributed by atoms with Gasteiger partial charge in [-0.15, -0.1) is 0 Å². The third kappa shape index (κ3) is 1.28. The number of hydrogen-bond acceptors (Lipinski definition) is 4. The average molecular weight is 176 g/mol. The van der Waals surface area contributed by atoms with E-state index in [0.29, 0.717) is 16.7 Å². The molecule has 0 radical (unpaired) electrons. The third-order valence-corrected chi connectivity index (χ3v) is 1.77. The van der Waals surface area contributed by atoms with E-state index < -0.39 is 0 Å². The van der Waals surface area contributed by atoms with Crippen molar-refractivity contribution in [3.8, 4) is 0 Å². The van der Waals surface area contributed by atoms with Crippen molar-refractivity contribution in [2.24, 2.45) is 0 Å². The van der Waals surface area contributed by atoms with E-state index >= 15 is 0 Å². The molecule has 2 aromatic rings. The monoisotopic (exact) mass is 176 g/mol. The maximum atomic E-state index is 11.2. The molecule has 13 heavy (non-hydrogen) atoms. The van der Waals surface area contributed by atoms with Gasteiger partial charge in [-0.2, -0.15) is 5.10 Å². The summed E-state index contributed by atoms with van der Waals surface area (Å²) in [5, 5.41) is 6.65. The van der Waals surface area contributed by atoms with E-state index in [1.807, 2.05) is 6.92 Å². The standard InChI is InChI=1S/C8H8N4O/c1-2-6-9-3-5-4-10-12-8(13)7(5)11-6/h3-4H,2H2,1H3,(H,12,13). The van der Waals surface area contributed by atoms with Crippen LogP contribution in [-0.2, 0) is 6.42 Å². The molecular weight excluding hydrogens is 168 g/mol. The maximum absolute atomic E-state index is 11.2. The van der Waals surface area contributed by atoms with Crippen molar-refractivity contribution in [2.75, 3.05) is 0 Å². The molecule has 2 aromatic heterocycles. The van der Waals surface area contributed by atoms with E-state index in [2.05, 4.69) is 20.2 Å². The molecule has 0 unspecified atom stereocenters. The number of hydrogen-bond donors (Lipinski definition) is 1. The number of aromatic amines is 1. The van der Waals surface area contributed by atoms with Gasteiger partial charge in [0.25, 0.3) is 5.56 Å². The summed E-state index contributed by atoms with van der Waals surface area (Å²) in [4.78, 5) is 19.4. The molecular formula is C8H8N4O. The van der Waals surface area contributed by atoms with E-state index in [9.17, 15) is 4.79 Å². The van der Waals surface area contributed by atoms with Crippen molar-refractivity contribution in [3.05, 3.63) is 28.6 Å². The molecule has 5 heteroatoms. The highest BCUT2D eigenvalue weighted by Crippen LogP contribution is 2.02. The Kier molecular flexibility index (Phi) is 1.77. The molecule has 0 aliphatic rings. The zero-order chi connectivity index (χ0) is 9.26. The minimum Gasteiger partial charge on any atom is -0.266 e. The van der Waals surface area contributed by atoms with E-state index in [-0.39, 0.29) is 5.56 Å². The smallest absolute Gasteiger partial charge is 0.266 e. The van der Waals surface area contributed by atoms with Crippen LogP contribution in [0.15, 0.2) is 17.2 Å². The zero-order valence-corrected chi connectivity index (χ0v) is 7.11. The lowest BCUT2D eigenvalue weighted by Gasteiger charge is -1.96. The van der Waals surface area contributed by atoms with Crippen molar-refractivity contribution < 1.29 is 0 Å². The first-order chi connectivity index (χ1) is 6.31. The summed E-state index contributed by atoms with van der Waals surface area (Å²) in [6.45, 7) is 1.94. The van der Waals surface area contributed by atoms with Crippen LogP contribution in [0.1, 0.15) is 12.7 Å². The lowest BCUT2D eigenvalue weighted by atomic mass is 10.3. The second-order valence-corrected chi connectivity index (χ2v) is 2.64. The number of aromatic nitrogens is 4. The summed E-state index contributed by atoms with van der Waals surface area (Å²) in [5.74, 6) is 0.671. The topological polar surface area (TPSA) is 71.5 Å². The van der Waals surface area contributed by atoms with Crippen molar-refractivity contribution in [3.63, 3.8) is 0 Å². The highest BCUT2D eigenvalue weighted by Gasteiger charge is 2.01. The van der Waals surface area contributed by atoms with Crippen LogP contribution in [0.4, 0.5) is 0 Å². The Labute approximate surface area is 73.9 Å². The SMILES string of the molecule is CCc1ncc2cn[nH]c(=O)c2n1. The van der Waals surface area contributed by atoms with E-state index in [0.717, 1.165) is 6.42 Å². The Bertz CT molecular complexity index is 491. The Balaban J connectivity index is 2.82. The van der Waals surface area contributed by atoms with Crippen molar-refractivity contribution in [1.29, 1.82) is 0 Å². The zero-order valence-electron chi connectivity index (χ0n) is 7.11. The fourth-order valence-electron chi connectivity index (χ4n) is 1.09. The van der Waals surface area contributed by atoms with Crippen LogP contribution in [-0.4, -0.2) is 20.2 Å². The summed E-state index contributed by atoms with van der Waals surface area (Å²) >= 11 is 0. The van der Waals surface area contributed by atoms with Gasteiger partial charge in [0.05, 0.1) is 6.20 Å². The van der Waals surface area contributed by atoms with Gasteiger partial charge < -0.3 is 0 Å². The van der Waals surface area contributed by atoms with Gasteiger partial charge in [-0.1, -0.05) is 6.92 Å². The third-order valence-electron chi connectivity index (χ3n) is 1.77. The van der Waals surface area contributed by atoms with Crippen LogP contribution in [0.3, 0.4) is 0 Å². The van der Waals surface area contributed by atoms with Crippen molar-refractivity contribution in [2.45, 2.75) is 13.3 Å². The molecule has 5 nitrogen and oxygen atoms in total. The highest BCUT2D eigenvalue weighted by molar-refractivity contribution is 5.74. The summed E-state index contributed by atoms with van der Waals surface area (Å²) in [6, 6.07) is 0. The first kappa shape index (κ1) is 7.85. The molecule has 2 heterocycles. The van der Waals surface area contributed by atoms with Crippen LogP contribution >= 0.6 is 0 Å². The molecule has 0 atom stereocenters. The molecule has 0 saturated carbocycles. The predicted octanol–water partition coefficient (Wildman–Crippen LogP) is 0.275. The van der Waals surface area contributed by atoms with E-state index in [4.69, 9.17) is 0 Å². The fourth-order valence-corrected chi connectivity index (χ4v) is 1.09. The predicted molar refractivity (Wildman–Crippen MR) is 47.3 cm³/mol. The first-order valence-electron chi connectivity index (χ1n) is 4.00. The Morgan fingerprint density at radius 1 is 1.46 bits per heavy atom. The van der Waals surface area contributed by atoms with Crippen LogP contribution in [0, 0.1) is 0 Å². The summed E-state index contributed by atoms with van der Waals surface area (Å²) in [6.07, 6.45) is 3.87. The Hall–Kier alpha value is -1.78. The number of aryl methyl sites for hydroxylation is 1. The van der Waals surface area contributed by atoms with Gasteiger partial charge in [-0.3, -0.25) is 4.79 Å². The molecule has 66 valence electrons. The number of H-pyrrole nitrogens is 1. The van der Waals surface area contributed by atoms with Gasteiger partial charge in [-0.25, -0.2) is 15.1 Å². The first-order valence-corrected chi connectivity index (χ1v) is 4.00. The lowest BCUT2D eigenvalue weighted by Crippen LogP contribution is -2.10. The van der Waals surface area contributed by atoms with Gasteiger partial charge in [-0.05, 0) is 0 Å². The van der Waals surface area contributed by atoms with E-state index in [1.54, 1.807) is 6.20 Å². The molecule has 0 saturated heterocycles. The quantitative estimate of drug-likeness (QED) is 0.677. The van der Waals surface area contributed by atoms with Gasteiger partial charge in [0.2, 0.25) is 0 Å². The Morgan fingerprint density at radius 3 is 3.08 bits per heavy atom. The molecule has 0 spiro atoms. The van der Waals surface area contributed by atoms with Crippen LogP contribution in [0.5, 0.6) is 0 Å². The largest absolute Gasteiger partial charge is 0.290 e. The molecule has 2 rings (SSSR count). The summed E-state index contributed by atoms with van der Waals surface area (Å²) < 4.78 is 0. The van der Waals surface area contributed by atoms with Crippen LogP contribution < -0.4 is 5.56 Å². The second kappa shape index (κ2) is 2.93. The molecule has 0 fully saturated rings. The molecule has 0 aliphatic heterocycles. The minimum atomic E-state index is -0.269.